The van der Waals surface area contributed by atoms with Crippen LogP contribution in [-0.2, 0) is 39.9 Å². The number of hydroxylamine groups is 2. The van der Waals surface area contributed by atoms with Crippen molar-refractivity contribution in [1.82, 2.24) is 11.0 Å². The van der Waals surface area contributed by atoms with Crippen LogP contribution in [0.3, 0.4) is 0 Å². The van der Waals surface area contributed by atoms with E-state index >= 15 is 0 Å². The van der Waals surface area contributed by atoms with Crippen molar-refractivity contribution in [2.45, 2.75) is 207 Å². The Bertz CT molecular complexity index is 5410. The minimum absolute atomic E-state index is 0. The second-order valence-corrected chi connectivity index (χ2v) is 35.7. The number of esters is 2. The fourth-order valence-electron chi connectivity index (χ4n) is 15.0. The van der Waals surface area contributed by atoms with Crippen LogP contribution in [0, 0.1) is 6.92 Å². The summed E-state index contributed by atoms with van der Waals surface area (Å²) in [6, 6.07) is 106. The van der Waals surface area contributed by atoms with Gasteiger partial charge < -0.3 is 21.5 Å². The molecule has 0 spiro atoms. The van der Waals surface area contributed by atoms with E-state index in [9.17, 15) is 28.8 Å². The van der Waals surface area contributed by atoms with E-state index in [1.165, 1.54) is 106 Å². The Hall–Kier alpha value is -11.7. The number of carboxylic acids is 1. The number of carboxylic acid groups (broad SMARTS) is 1. The SMILES string of the molecule is CCOC(=O)CCCCCC=Cc1ccc2ccccc2c1.CCOC(=O)CCCCCC[P+](c1ccccc1)(c1ccccc1)c1ccccc1.O=C(CCCCC/C=C/c1ccc2ccccc2c1)NO.O=C(CCCCCCCc1ccc2ccccc2c1)NO.O=C(O)CCCCC/C=C/c1ccc2ccccc2c1.O=Cc1ccc2ccccc2c1.[CH2-]CCC.[Li+]. The number of nitrogens with one attached hydrogen (secondary N) is 2. The van der Waals surface area contributed by atoms with E-state index in [0.29, 0.717) is 38.9 Å². The summed E-state index contributed by atoms with van der Waals surface area (Å²) in [5.41, 5.74) is 9.12. The molecule has 0 fully saturated rings. The van der Waals surface area contributed by atoms with Gasteiger partial charge in [-0.2, -0.15) is 6.42 Å². The first kappa shape index (κ1) is 108. The average molecular weight is 1770 g/mol. The molecule has 13 aromatic carbocycles. The average Bonchev–Trinajstić information content (AvgIpc) is 0.756. The fourth-order valence-corrected chi connectivity index (χ4v) is 19.4. The molecule has 13 nitrogen and oxygen atoms in total. The van der Waals surface area contributed by atoms with E-state index in [-0.39, 0.29) is 49.0 Å². The van der Waals surface area contributed by atoms with Crippen molar-refractivity contribution in [1.29, 1.82) is 0 Å². The van der Waals surface area contributed by atoms with Gasteiger partial charge in [0, 0.05) is 37.7 Å². The zero-order valence-corrected chi connectivity index (χ0v) is 78.7. The van der Waals surface area contributed by atoms with Crippen LogP contribution in [0.4, 0.5) is 0 Å². The number of hydrogen-bond acceptors (Lipinski definition) is 10. The molecule has 0 aliphatic heterocycles. The van der Waals surface area contributed by atoms with Crippen LogP contribution in [0.2, 0.25) is 0 Å². The van der Waals surface area contributed by atoms with Crippen molar-refractivity contribution in [3.63, 3.8) is 0 Å². The molecule has 0 aliphatic carbocycles. The summed E-state index contributed by atoms with van der Waals surface area (Å²) < 4.78 is 9.95. The summed E-state index contributed by atoms with van der Waals surface area (Å²) in [4.78, 5) is 65.2. The van der Waals surface area contributed by atoms with Gasteiger partial charge in [-0.3, -0.25) is 39.2 Å². The van der Waals surface area contributed by atoms with Crippen molar-refractivity contribution >= 4 is 131 Å². The topological polar surface area (TPSA) is 206 Å². The van der Waals surface area contributed by atoms with E-state index in [2.05, 4.69) is 311 Å². The predicted octanol–water partition coefficient (Wildman–Crippen LogP) is 25.6. The quantitative estimate of drug-likeness (QED) is 0.00355. The molecule has 5 N–H and O–H groups in total. The molecule has 2 amide bonds. The normalized spacial score (nSPS) is 10.8. The number of fused-ring (bicyclic) bond motifs is 5. The van der Waals surface area contributed by atoms with Crippen molar-refractivity contribution < 1.29 is 72.6 Å². The Kier molecular flexibility index (Phi) is 55.0. The minimum atomic E-state index is -1.72. The largest absolute Gasteiger partial charge is 1.00 e. The number of aryl methyl sites for hydroxylation is 1. The third-order valence-electron chi connectivity index (χ3n) is 22.1. The van der Waals surface area contributed by atoms with Gasteiger partial charge in [0.25, 0.3) is 0 Å². The molecule has 0 unspecified atom stereocenters. The molecule has 0 heterocycles. The molecule has 131 heavy (non-hydrogen) atoms. The van der Waals surface area contributed by atoms with Crippen molar-refractivity contribution in [2.75, 3.05) is 19.4 Å². The molecule has 0 aromatic heterocycles. The number of carbonyl (C=O) groups excluding carboxylic acids is 5. The Balaban J connectivity index is 0.000000243. The number of hydrogen-bond donors (Lipinski definition) is 5. The van der Waals surface area contributed by atoms with Gasteiger partial charge in [0.2, 0.25) is 11.8 Å². The van der Waals surface area contributed by atoms with Gasteiger partial charge in [0.15, 0.2) is 0 Å². The smallest absolute Gasteiger partial charge is 0.481 e. The van der Waals surface area contributed by atoms with Crippen molar-refractivity contribution in [3.05, 3.63) is 356 Å². The first-order chi connectivity index (χ1) is 63.7. The molecular formula is C116H137LiN2O11P+. The molecule has 0 atom stereocenters. The molecule has 13 rings (SSSR count). The number of unbranched alkanes of at least 4 members (excludes halogenated alkanes) is 17. The van der Waals surface area contributed by atoms with Crippen molar-refractivity contribution in [3.8, 4) is 0 Å². The summed E-state index contributed by atoms with van der Waals surface area (Å²) in [6.45, 7) is 10.4. The van der Waals surface area contributed by atoms with Gasteiger partial charge in [-0.15, -0.1) is 0 Å². The number of allylic oxidation sites excluding steroid dienone is 3. The van der Waals surface area contributed by atoms with Crippen LogP contribution in [0.15, 0.2) is 322 Å². The van der Waals surface area contributed by atoms with Gasteiger partial charge >= 0.3 is 36.8 Å². The van der Waals surface area contributed by atoms with Crippen LogP contribution in [0.25, 0.3) is 72.1 Å². The summed E-state index contributed by atoms with van der Waals surface area (Å²) in [5.74, 6) is -1.43. The Labute approximate surface area is 792 Å². The van der Waals surface area contributed by atoms with Gasteiger partial charge in [0.1, 0.15) is 29.5 Å². The summed E-state index contributed by atoms with van der Waals surface area (Å²) in [5, 5.41) is 42.1. The van der Waals surface area contributed by atoms with E-state index in [4.69, 9.17) is 25.0 Å². The van der Waals surface area contributed by atoms with Gasteiger partial charge in [-0.1, -0.05) is 337 Å². The Morgan fingerprint density at radius 1 is 0.328 bits per heavy atom. The van der Waals surface area contributed by atoms with Gasteiger partial charge in [-0.05, 0) is 247 Å². The zero-order valence-electron chi connectivity index (χ0n) is 77.8. The van der Waals surface area contributed by atoms with Crippen LogP contribution >= 0.6 is 7.26 Å². The number of amides is 2. The van der Waals surface area contributed by atoms with Gasteiger partial charge in [-0.25, -0.2) is 11.0 Å². The number of carbonyl (C=O) groups is 6. The standard InChI is InChI=1S/C27H32O2P.C20H24O2.C18H23NO2.C18H21NO2.C18H20O2.C11H8O.C4H9.Li/c1-2-29-27(28)22-14-3-4-15-23-30(24-16-8-5-9-17-24,25-18-10-6-11-19-25)26-20-12-7-13-21-26;1-2-22-20(21)13-7-5-3-4-6-10-17-14-15-18-11-8-9-12-19(18)16-17;2*20-18(19-21)11-5-3-1-2-4-8-15-12-13-16-9-6-7-10-17(16)14-15;19-18(20)11-5-3-1-2-4-8-15-12-13-16-9-6-7-10-17(16)14-15;12-8-9-5-6-10-3-1-2-4-11(10)7-9;1-3-4-2;/h5-13,16-21H,2-4,14-15,22-23H2,1H3;6,8-12,14-16H,2-5,7,13H2,1H3;6-7,9-10,12-14,21H,1-5,8,11H2,(H,19,20);4,6-10,12-14,21H,1-3,5,11H2,(H,19,20);4,6-10,12-14H,1-3,5,11H2,(H,19,20);1-8H;1,3-4H2,2H3;/q+1;;;;;;-1;+1/b;;;2*8-4+;;;. The maximum absolute atomic E-state index is 11.6. The molecular weight excluding hydrogens is 1640 g/mol. The molecule has 0 aliphatic rings. The second kappa shape index (κ2) is 66.7. The van der Waals surface area contributed by atoms with Crippen LogP contribution in [0.5, 0.6) is 0 Å². The first-order valence-corrected chi connectivity index (χ1v) is 48.8. The molecule has 0 saturated carbocycles. The Morgan fingerprint density at radius 3 is 0.947 bits per heavy atom. The third-order valence-corrected chi connectivity index (χ3v) is 26.6. The maximum Gasteiger partial charge on any atom is 1.00 e. The number of benzene rings is 13. The van der Waals surface area contributed by atoms with Crippen LogP contribution < -0.4 is 45.7 Å². The van der Waals surface area contributed by atoms with E-state index in [1.54, 1.807) is 11.0 Å². The Morgan fingerprint density at radius 2 is 0.611 bits per heavy atom. The second-order valence-electron chi connectivity index (χ2n) is 32.1. The summed E-state index contributed by atoms with van der Waals surface area (Å²) in [6.07, 6.45) is 42.1. The zero-order chi connectivity index (χ0) is 92.5. The van der Waals surface area contributed by atoms with E-state index < -0.39 is 13.2 Å². The number of aliphatic carboxylic acids is 1. The molecule has 13 aromatic rings. The summed E-state index contributed by atoms with van der Waals surface area (Å²) >= 11 is 0. The first-order valence-electron chi connectivity index (χ1n) is 46.8. The summed E-state index contributed by atoms with van der Waals surface area (Å²) in [7, 11) is -1.72. The fraction of sp³-hybridized carbons (Fsp3) is 0.302. The molecule has 0 radical (unpaired) electrons. The van der Waals surface area contributed by atoms with E-state index in [1.807, 2.05) is 56.3 Å². The monoisotopic (exact) mass is 1770 g/mol. The van der Waals surface area contributed by atoms with Crippen molar-refractivity contribution in [2.24, 2.45) is 0 Å². The number of ether oxygens (including phenoxy) is 2. The van der Waals surface area contributed by atoms with Crippen LogP contribution in [0.1, 0.15) is 233 Å². The molecule has 0 saturated heterocycles. The number of rotatable bonds is 43. The third kappa shape index (κ3) is 42.9. The maximum atomic E-state index is 11.6. The minimum Gasteiger partial charge on any atom is -0.481 e. The molecule has 682 valence electrons. The number of aldehydes is 1. The van der Waals surface area contributed by atoms with Crippen LogP contribution in [-0.4, -0.2) is 70.9 Å². The van der Waals surface area contributed by atoms with E-state index in [0.717, 1.165) is 158 Å². The molecule has 0 bridgehead atoms. The predicted molar refractivity (Wildman–Crippen MR) is 547 cm³/mol. The van der Waals surface area contributed by atoms with Gasteiger partial charge in [0.05, 0.1) is 19.4 Å². The molecule has 15 heteroatoms.